The molecule has 2 aromatic heterocycles. The second-order valence-electron chi connectivity index (χ2n) is 3.40. The van der Waals surface area contributed by atoms with E-state index in [0.717, 1.165) is 0 Å². The molecule has 0 bridgehead atoms. The Hall–Kier alpha value is -1.47. The summed E-state index contributed by atoms with van der Waals surface area (Å²) >= 11 is 1.29. The van der Waals surface area contributed by atoms with Crippen LogP contribution in [0.1, 0.15) is 6.92 Å². The van der Waals surface area contributed by atoms with Crippen LogP contribution < -0.4 is 10.9 Å². The van der Waals surface area contributed by atoms with Gasteiger partial charge in [0.05, 0.1) is 12.9 Å². The van der Waals surface area contributed by atoms with Crippen molar-refractivity contribution in [3.63, 3.8) is 0 Å². The van der Waals surface area contributed by atoms with Crippen molar-refractivity contribution >= 4 is 26.8 Å². The number of aromatic nitrogens is 3. The fraction of sp³-hybridized carbons (Fsp3) is 0.444. The molecule has 0 amide bonds. The third-order valence-electron chi connectivity index (χ3n) is 1.98. The van der Waals surface area contributed by atoms with Crippen molar-refractivity contribution in [2.75, 3.05) is 19.0 Å². The SMILES string of the molecule is COCC(C)Nc1nc2nc[nH]c(=O)c2s1. The summed E-state index contributed by atoms with van der Waals surface area (Å²) in [5.41, 5.74) is 0.316. The summed E-state index contributed by atoms with van der Waals surface area (Å²) in [5, 5.41) is 3.83. The van der Waals surface area contributed by atoms with Crippen LogP contribution >= 0.6 is 11.3 Å². The summed E-state index contributed by atoms with van der Waals surface area (Å²) in [6, 6.07) is 0.143. The number of ether oxygens (including phenoxy) is 1. The van der Waals surface area contributed by atoms with Gasteiger partial charge in [0.15, 0.2) is 10.8 Å². The van der Waals surface area contributed by atoms with Crippen molar-refractivity contribution in [3.8, 4) is 0 Å². The van der Waals surface area contributed by atoms with Crippen LogP contribution in [0.2, 0.25) is 0 Å². The molecule has 0 saturated heterocycles. The van der Waals surface area contributed by atoms with Crippen LogP contribution in [-0.2, 0) is 4.74 Å². The van der Waals surface area contributed by atoms with Crippen LogP contribution in [0.5, 0.6) is 0 Å². The predicted octanol–water partition coefficient (Wildman–Crippen LogP) is 0.826. The van der Waals surface area contributed by atoms with Gasteiger partial charge in [-0.05, 0) is 6.92 Å². The van der Waals surface area contributed by atoms with Gasteiger partial charge in [-0.3, -0.25) is 4.79 Å². The largest absolute Gasteiger partial charge is 0.383 e. The van der Waals surface area contributed by atoms with Crippen LogP contribution in [-0.4, -0.2) is 34.7 Å². The molecule has 0 aliphatic rings. The first-order valence-corrected chi connectivity index (χ1v) is 5.62. The summed E-state index contributed by atoms with van der Waals surface area (Å²) < 4.78 is 5.54. The predicted molar refractivity (Wildman–Crippen MR) is 63.0 cm³/mol. The molecule has 0 fully saturated rings. The highest BCUT2D eigenvalue weighted by atomic mass is 32.1. The summed E-state index contributed by atoms with van der Waals surface area (Å²) in [5.74, 6) is 0. The minimum absolute atomic E-state index is 0.143. The van der Waals surface area contributed by atoms with Crippen molar-refractivity contribution in [2.45, 2.75) is 13.0 Å². The van der Waals surface area contributed by atoms with E-state index in [4.69, 9.17) is 4.74 Å². The Bertz CT molecular complexity index is 536. The van der Waals surface area contributed by atoms with Gasteiger partial charge in [0.1, 0.15) is 4.70 Å². The number of aromatic amines is 1. The molecule has 16 heavy (non-hydrogen) atoms. The van der Waals surface area contributed by atoms with Gasteiger partial charge in [0, 0.05) is 13.2 Å². The number of anilines is 1. The van der Waals surface area contributed by atoms with E-state index in [0.29, 0.717) is 22.1 Å². The lowest BCUT2D eigenvalue weighted by Gasteiger charge is -2.10. The Morgan fingerprint density at radius 1 is 1.69 bits per heavy atom. The van der Waals surface area contributed by atoms with Crippen molar-refractivity contribution < 1.29 is 4.74 Å². The van der Waals surface area contributed by atoms with Gasteiger partial charge in [-0.1, -0.05) is 11.3 Å². The normalized spacial score (nSPS) is 12.9. The molecule has 7 heteroatoms. The smallest absolute Gasteiger partial charge is 0.270 e. The maximum absolute atomic E-state index is 11.4. The van der Waals surface area contributed by atoms with Crippen LogP contribution in [0.25, 0.3) is 10.3 Å². The Labute approximate surface area is 95.7 Å². The van der Waals surface area contributed by atoms with E-state index >= 15 is 0 Å². The fourth-order valence-electron chi connectivity index (χ4n) is 1.33. The molecule has 6 nitrogen and oxygen atoms in total. The minimum Gasteiger partial charge on any atom is -0.383 e. The lowest BCUT2D eigenvalue weighted by Crippen LogP contribution is -2.20. The summed E-state index contributed by atoms with van der Waals surface area (Å²) in [7, 11) is 1.64. The Morgan fingerprint density at radius 3 is 3.19 bits per heavy atom. The lowest BCUT2D eigenvalue weighted by atomic mass is 10.4. The number of nitrogens with zero attached hydrogens (tertiary/aromatic N) is 2. The highest BCUT2D eigenvalue weighted by Gasteiger charge is 2.09. The molecule has 0 aromatic carbocycles. The van der Waals surface area contributed by atoms with Gasteiger partial charge in [0.2, 0.25) is 0 Å². The first-order valence-electron chi connectivity index (χ1n) is 4.80. The highest BCUT2D eigenvalue weighted by molar-refractivity contribution is 7.22. The maximum Gasteiger partial charge on any atom is 0.270 e. The number of hydrogen-bond acceptors (Lipinski definition) is 6. The van der Waals surface area contributed by atoms with E-state index in [1.807, 2.05) is 6.92 Å². The monoisotopic (exact) mass is 240 g/mol. The minimum atomic E-state index is -0.157. The average Bonchev–Trinajstić information content (AvgIpc) is 2.62. The third kappa shape index (κ3) is 2.20. The van der Waals surface area contributed by atoms with Crippen LogP contribution in [0.3, 0.4) is 0 Å². The second-order valence-corrected chi connectivity index (χ2v) is 4.40. The molecule has 1 unspecified atom stereocenters. The molecule has 0 saturated carbocycles. The topological polar surface area (TPSA) is 79.9 Å². The molecule has 86 valence electrons. The standard InChI is InChI=1S/C9H12N4O2S/c1-5(3-15-2)12-9-13-7-6(16-9)8(14)11-4-10-7/h4-5H,3H2,1-2H3,(H2,10,11,12,13,14). The number of fused-ring (bicyclic) bond motifs is 1. The van der Waals surface area contributed by atoms with E-state index < -0.39 is 0 Å². The maximum atomic E-state index is 11.4. The van der Waals surface area contributed by atoms with E-state index in [9.17, 15) is 4.79 Å². The Morgan fingerprint density at radius 2 is 2.50 bits per heavy atom. The molecular formula is C9H12N4O2S. The van der Waals surface area contributed by atoms with Gasteiger partial charge >= 0.3 is 0 Å². The molecule has 1 atom stereocenters. The zero-order valence-corrected chi connectivity index (χ0v) is 9.80. The van der Waals surface area contributed by atoms with Gasteiger partial charge in [-0.15, -0.1) is 0 Å². The van der Waals surface area contributed by atoms with Crippen LogP contribution in [0.4, 0.5) is 5.13 Å². The zero-order valence-electron chi connectivity index (χ0n) is 8.98. The van der Waals surface area contributed by atoms with Gasteiger partial charge in [-0.25, -0.2) is 4.98 Å². The quantitative estimate of drug-likeness (QED) is 0.827. The summed E-state index contributed by atoms with van der Waals surface area (Å²) in [6.45, 7) is 2.56. The molecule has 2 heterocycles. The van der Waals surface area contributed by atoms with E-state index in [-0.39, 0.29) is 11.6 Å². The number of thiazole rings is 1. The number of methoxy groups -OCH3 is 1. The first kappa shape index (κ1) is 11.0. The third-order valence-corrected chi connectivity index (χ3v) is 2.96. The second kappa shape index (κ2) is 4.58. The molecule has 2 rings (SSSR count). The van der Waals surface area contributed by atoms with Crippen molar-refractivity contribution in [3.05, 3.63) is 16.7 Å². The zero-order chi connectivity index (χ0) is 11.5. The number of nitrogens with one attached hydrogen (secondary N) is 2. The van der Waals surface area contributed by atoms with Crippen LogP contribution in [0.15, 0.2) is 11.1 Å². The number of H-pyrrole nitrogens is 1. The number of hydrogen-bond donors (Lipinski definition) is 2. The Balaban J connectivity index is 2.26. The number of rotatable bonds is 4. The van der Waals surface area contributed by atoms with Crippen molar-refractivity contribution in [1.29, 1.82) is 0 Å². The van der Waals surface area contributed by atoms with Gasteiger partial charge in [-0.2, -0.15) is 4.98 Å². The molecule has 0 spiro atoms. The van der Waals surface area contributed by atoms with Crippen molar-refractivity contribution in [1.82, 2.24) is 15.0 Å². The molecule has 2 N–H and O–H groups in total. The van der Waals surface area contributed by atoms with E-state index in [1.54, 1.807) is 7.11 Å². The molecule has 2 aromatic rings. The van der Waals surface area contributed by atoms with Gasteiger partial charge < -0.3 is 15.0 Å². The fourth-order valence-corrected chi connectivity index (χ4v) is 2.26. The molecule has 0 aliphatic heterocycles. The lowest BCUT2D eigenvalue weighted by molar-refractivity contribution is 0.190. The molecule has 0 radical (unpaired) electrons. The van der Waals surface area contributed by atoms with E-state index in [1.165, 1.54) is 17.7 Å². The molecule has 0 aliphatic carbocycles. The van der Waals surface area contributed by atoms with Gasteiger partial charge in [0.25, 0.3) is 5.56 Å². The first-order chi connectivity index (χ1) is 7.70. The Kier molecular flexibility index (Phi) is 3.16. The van der Waals surface area contributed by atoms with Crippen LogP contribution in [0, 0.1) is 0 Å². The average molecular weight is 240 g/mol. The van der Waals surface area contributed by atoms with E-state index in [2.05, 4.69) is 20.3 Å². The summed E-state index contributed by atoms with van der Waals surface area (Å²) in [6.07, 6.45) is 1.35. The summed E-state index contributed by atoms with van der Waals surface area (Å²) in [4.78, 5) is 22.1. The highest BCUT2D eigenvalue weighted by Crippen LogP contribution is 2.21. The molecular weight excluding hydrogens is 228 g/mol. The van der Waals surface area contributed by atoms with Crippen molar-refractivity contribution in [2.24, 2.45) is 0 Å².